The van der Waals surface area contributed by atoms with E-state index in [1.807, 2.05) is 68.1 Å². The summed E-state index contributed by atoms with van der Waals surface area (Å²) in [6.07, 6.45) is 1.88. The highest BCUT2D eigenvalue weighted by Gasteiger charge is 2.17. The molecule has 0 aliphatic rings. The van der Waals surface area contributed by atoms with Crippen molar-refractivity contribution in [2.24, 2.45) is 7.05 Å². The zero-order chi connectivity index (χ0) is 15.1. The Morgan fingerprint density at radius 2 is 1.81 bits per heavy atom. The summed E-state index contributed by atoms with van der Waals surface area (Å²) in [4.78, 5) is 12.8. The molecule has 1 aromatic heterocycles. The van der Waals surface area contributed by atoms with Gasteiger partial charge in [0.15, 0.2) is 5.78 Å². The average Bonchev–Trinajstić information content (AvgIpc) is 2.75. The van der Waals surface area contributed by atoms with E-state index < -0.39 is 0 Å². The minimum atomic E-state index is 0.0559. The van der Waals surface area contributed by atoms with Crippen molar-refractivity contribution in [3.8, 4) is 0 Å². The monoisotopic (exact) mass is 297 g/mol. The largest absolute Gasteiger partial charge is 0.350 e. The summed E-state index contributed by atoms with van der Waals surface area (Å²) in [6, 6.07) is 11.5. The molecule has 2 nitrogen and oxygen atoms in total. The van der Waals surface area contributed by atoms with Crippen molar-refractivity contribution in [1.29, 1.82) is 0 Å². The van der Waals surface area contributed by atoms with Crippen LogP contribution in [0.4, 0.5) is 0 Å². The summed E-state index contributed by atoms with van der Waals surface area (Å²) in [5.74, 6) is 0.0559. The molecule has 0 bridgehead atoms. The maximum atomic E-state index is 12.8. The third kappa shape index (κ3) is 2.36. The number of hydrogen-bond acceptors (Lipinski definition) is 1. The third-order valence-electron chi connectivity index (χ3n) is 3.82. The van der Waals surface area contributed by atoms with Crippen molar-refractivity contribution >= 4 is 28.3 Å². The zero-order valence-corrected chi connectivity index (χ0v) is 13.0. The minimum absolute atomic E-state index is 0.0559. The van der Waals surface area contributed by atoms with E-state index in [4.69, 9.17) is 11.6 Å². The molecule has 1 heterocycles. The van der Waals surface area contributed by atoms with Gasteiger partial charge in [-0.15, -0.1) is 0 Å². The Morgan fingerprint density at radius 3 is 2.52 bits per heavy atom. The van der Waals surface area contributed by atoms with Crippen LogP contribution in [0.5, 0.6) is 0 Å². The molecule has 0 amide bonds. The van der Waals surface area contributed by atoms with Crippen molar-refractivity contribution < 1.29 is 4.79 Å². The van der Waals surface area contributed by atoms with Crippen molar-refractivity contribution in [1.82, 2.24) is 4.57 Å². The standard InChI is InChI=1S/C18H16ClNO/c1-11-4-6-14(12(2)8-11)18(21)16-10-20(3)17-9-13(19)5-7-15(16)17/h4-10H,1-3H3. The predicted molar refractivity (Wildman–Crippen MR) is 87.3 cm³/mol. The molecular formula is C18H16ClNO. The van der Waals surface area contributed by atoms with Gasteiger partial charge in [-0.3, -0.25) is 4.79 Å². The van der Waals surface area contributed by atoms with E-state index in [9.17, 15) is 4.79 Å². The smallest absolute Gasteiger partial charge is 0.195 e. The molecule has 3 aromatic rings. The van der Waals surface area contributed by atoms with Gasteiger partial charge in [0.2, 0.25) is 0 Å². The first kappa shape index (κ1) is 13.9. The van der Waals surface area contributed by atoms with Gasteiger partial charge in [-0.1, -0.05) is 41.4 Å². The number of aromatic nitrogens is 1. The number of fused-ring (bicyclic) bond motifs is 1. The van der Waals surface area contributed by atoms with Gasteiger partial charge in [0.05, 0.1) is 0 Å². The van der Waals surface area contributed by atoms with E-state index in [1.54, 1.807) is 0 Å². The Kier molecular flexibility index (Phi) is 3.34. The molecule has 3 heteroatoms. The van der Waals surface area contributed by atoms with Crippen molar-refractivity contribution in [2.75, 3.05) is 0 Å². The number of rotatable bonds is 2. The van der Waals surface area contributed by atoms with Crippen molar-refractivity contribution in [3.05, 3.63) is 69.9 Å². The van der Waals surface area contributed by atoms with Crippen LogP contribution >= 0.6 is 11.6 Å². The summed E-state index contributed by atoms with van der Waals surface area (Å²) >= 11 is 6.04. The molecule has 0 saturated heterocycles. The molecule has 3 rings (SSSR count). The van der Waals surface area contributed by atoms with Crippen LogP contribution in [0.2, 0.25) is 5.02 Å². The summed E-state index contributed by atoms with van der Waals surface area (Å²) in [5, 5.41) is 1.61. The summed E-state index contributed by atoms with van der Waals surface area (Å²) in [6.45, 7) is 4.00. The van der Waals surface area contributed by atoms with Gasteiger partial charge in [-0.25, -0.2) is 0 Å². The molecule has 0 saturated carbocycles. The lowest BCUT2D eigenvalue weighted by Crippen LogP contribution is -2.03. The lowest BCUT2D eigenvalue weighted by molar-refractivity contribution is 0.103. The van der Waals surface area contributed by atoms with E-state index >= 15 is 0 Å². The van der Waals surface area contributed by atoms with Crippen LogP contribution < -0.4 is 0 Å². The molecule has 2 aromatic carbocycles. The van der Waals surface area contributed by atoms with E-state index in [0.717, 1.165) is 33.2 Å². The normalized spacial score (nSPS) is 11.0. The number of carbonyl (C=O) groups is 1. The van der Waals surface area contributed by atoms with Gasteiger partial charge in [-0.2, -0.15) is 0 Å². The van der Waals surface area contributed by atoms with Crippen LogP contribution in [0.25, 0.3) is 10.9 Å². The van der Waals surface area contributed by atoms with E-state index in [0.29, 0.717) is 5.02 Å². The minimum Gasteiger partial charge on any atom is -0.350 e. The highest BCUT2D eigenvalue weighted by atomic mass is 35.5. The molecule has 0 atom stereocenters. The molecule has 0 aliphatic heterocycles. The van der Waals surface area contributed by atoms with E-state index in [-0.39, 0.29) is 5.78 Å². The first-order valence-corrected chi connectivity index (χ1v) is 7.21. The zero-order valence-electron chi connectivity index (χ0n) is 12.3. The van der Waals surface area contributed by atoms with E-state index in [1.165, 1.54) is 0 Å². The van der Waals surface area contributed by atoms with Crippen LogP contribution in [0.1, 0.15) is 27.0 Å². The highest BCUT2D eigenvalue weighted by Crippen LogP contribution is 2.27. The Bertz CT molecular complexity index is 861. The topological polar surface area (TPSA) is 22.0 Å². The second-order valence-electron chi connectivity index (χ2n) is 5.46. The number of halogens is 1. The van der Waals surface area contributed by atoms with Gasteiger partial charge >= 0.3 is 0 Å². The fraction of sp³-hybridized carbons (Fsp3) is 0.167. The molecule has 106 valence electrons. The van der Waals surface area contributed by atoms with Gasteiger partial charge in [0.25, 0.3) is 0 Å². The SMILES string of the molecule is Cc1ccc(C(=O)c2cn(C)c3cc(Cl)ccc23)c(C)c1. The number of hydrogen-bond donors (Lipinski definition) is 0. The molecule has 0 spiro atoms. The Morgan fingerprint density at radius 1 is 1.05 bits per heavy atom. The summed E-state index contributed by atoms with van der Waals surface area (Å²) in [7, 11) is 1.93. The number of carbonyl (C=O) groups excluding carboxylic acids is 1. The molecule has 0 radical (unpaired) electrons. The first-order chi connectivity index (χ1) is 9.97. The molecule has 21 heavy (non-hydrogen) atoms. The maximum absolute atomic E-state index is 12.8. The fourth-order valence-corrected chi connectivity index (χ4v) is 2.92. The molecule has 0 N–H and O–H groups in total. The Labute approximate surface area is 129 Å². The molecule has 0 fully saturated rings. The Balaban J connectivity index is 2.18. The van der Waals surface area contributed by atoms with Crippen LogP contribution in [0, 0.1) is 13.8 Å². The lowest BCUT2D eigenvalue weighted by atomic mass is 9.97. The second kappa shape index (κ2) is 5.05. The Hall–Kier alpha value is -2.06. The second-order valence-corrected chi connectivity index (χ2v) is 5.90. The van der Waals surface area contributed by atoms with Crippen LogP contribution in [0.15, 0.2) is 42.6 Å². The van der Waals surface area contributed by atoms with Gasteiger partial charge < -0.3 is 4.57 Å². The maximum Gasteiger partial charge on any atom is 0.195 e. The lowest BCUT2D eigenvalue weighted by Gasteiger charge is -2.05. The van der Waals surface area contributed by atoms with Gasteiger partial charge in [0.1, 0.15) is 0 Å². The van der Waals surface area contributed by atoms with E-state index in [2.05, 4.69) is 0 Å². The fourth-order valence-electron chi connectivity index (χ4n) is 2.75. The average molecular weight is 298 g/mol. The van der Waals surface area contributed by atoms with Crippen LogP contribution in [0.3, 0.4) is 0 Å². The number of ketones is 1. The highest BCUT2D eigenvalue weighted by molar-refractivity contribution is 6.31. The third-order valence-corrected chi connectivity index (χ3v) is 4.06. The molecule has 0 unspecified atom stereocenters. The van der Waals surface area contributed by atoms with Gasteiger partial charge in [-0.05, 0) is 31.5 Å². The summed E-state index contributed by atoms with van der Waals surface area (Å²) < 4.78 is 1.94. The van der Waals surface area contributed by atoms with Crippen molar-refractivity contribution in [3.63, 3.8) is 0 Å². The quantitative estimate of drug-likeness (QED) is 0.630. The number of aryl methyl sites for hydroxylation is 3. The van der Waals surface area contributed by atoms with Crippen LogP contribution in [-0.4, -0.2) is 10.4 Å². The first-order valence-electron chi connectivity index (χ1n) is 6.84. The number of benzene rings is 2. The summed E-state index contributed by atoms with van der Waals surface area (Å²) in [5.41, 5.74) is 4.61. The molecular weight excluding hydrogens is 282 g/mol. The van der Waals surface area contributed by atoms with Gasteiger partial charge in [0, 0.05) is 40.3 Å². The predicted octanol–water partition coefficient (Wildman–Crippen LogP) is 4.68. The molecule has 0 aliphatic carbocycles. The van der Waals surface area contributed by atoms with Crippen LogP contribution in [-0.2, 0) is 7.05 Å². The number of nitrogens with zero attached hydrogens (tertiary/aromatic N) is 1. The van der Waals surface area contributed by atoms with Crippen molar-refractivity contribution in [2.45, 2.75) is 13.8 Å².